The zero-order chi connectivity index (χ0) is 72.4. The lowest BCUT2D eigenvalue weighted by Gasteiger charge is -2.56. The van der Waals surface area contributed by atoms with Gasteiger partial charge in [0.2, 0.25) is 0 Å². The van der Waals surface area contributed by atoms with E-state index in [0.717, 1.165) is 69.5 Å². The first kappa shape index (κ1) is 73.4. The van der Waals surface area contributed by atoms with Gasteiger partial charge in [-0.25, -0.2) is 0 Å². The fraction of sp³-hybridized carbons (Fsp3) is 0.280. The minimum Gasteiger partial charge on any atom is -0.494 e. The van der Waals surface area contributed by atoms with Crippen LogP contribution in [0.5, 0.6) is 11.5 Å². The Morgan fingerprint density at radius 2 is 0.673 bits per heavy atom. The molecule has 0 saturated carbocycles. The molecule has 8 aliphatic rings. The number of hydrogen-bond donors (Lipinski definition) is 1. The van der Waals surface area contributed by atoms with E-state index in [9.17, 15) is 4.80 Å². The zero-order valence-electron chi connectivity index (χ0n) is 59.5. The standard InChI is InChI=1S/C75H86N2O20Si10/c1-100(50-24-48-79-64-44-40-62(41-45-64)76(52-66-56-81-66)53-67-57-82-67)87-99-88-103(71-30-14-5-15-31-71)85-98(60-61-26-10-3-11-27-61)86-104(91-100,72-32-16-6-17-33-72)95-107(75-38-22-9-23-39-75)93-102(78,70-28-12-4-13-29-70)90-101(2,51-25-49-80-65-46-42-63(43-47-65)77(54-68-58-83-68)55-69-59-84-69)92-106(94-103,74-36-20-8-21-37-74)96-105(89-99,97-107)73-34-18-7-19-35-73/h3-23,26-47,66-69,78,98-99H,24-25,48-60H2,1-2H3. The van der Waals surface area contributed by atoms with Crippen LogP contribution in [0.4, 0.5) is 11.4 Å². The van der Waals surface area contributed by atoms with Gasteiger partial charge in [-0.05, 0) is 92.1 Å². The summed E-state index contributed by atoms with van der Waals surface area (Å²) in [5.74, 6) is 1.37. The molecule has 8 heterocycles. The Hall–Kier alpha value is -6.37. The van der Waals surface area contributed by atoms with Crippen molar-refractivity contribution >= 4 is 131 Å². The Labute approximate surface area is 635 Å². The third-order valence-corrected chi connectivity index (χ3v) is 59.8. The fourth-order valence-corrected chi connectivity index (χ4v) is 63.9. The van der Waals surface area contributed by atoms with Gasteiger partial charge in [0.05, 0.1) is 64.1 Å². The Bertz CT molecular complexity index is 4390. The summed E-state index contributed by atoms with van der Waals surface area (Å²) >= 11 is 0. The van der Waals surface area contributed by atoms with Crippen LogP contribution < -0.4 is 50.4 Å². The topological polar surface area (TPSA) is 215 Å². The minimum atomic E-state index is -5.35. The average Bonchev–Trinajstić information content (AvgIpc) is 1.68. The van der Waals surface area contributed by atoms with E-state index in [-0.39, 0.29) is 49.7 Å². The lowest BCUT2D eigenvalue weighted by molar-refractivity contribution is 0.0580. The molecule has 32 heteroatoms. The molecule has 14 unspecified atom stereocenters. The van der Waals surface area contributed by atoms with Gasteiger partial charge in [0.25, 0.3) is 0 Å². The summed E-state index contributed by atoms with van der Waals surface area (Å²) in [5.41, 5.74) is 3.02. The summed E-state index contributed by atoms with van der Waals surface area (Å²) < 4.78 is 143. The molecule has 22 nitrogen and oxygen atoms in total. The van der Waals surface area contributed by atoms with Crippen molar-refractivity contribution in [2.45, 2.75) is 68.5 Å². The third kappa shape index (κ3) is 17.2. The highest BCUT2D eigenvalue weighted by Gasteiger charge is 2.76. The van der Waals surface area contributed by atoms with E-state index >= 15 is 0 Å². The summed E-state index contributed by atoms with van der Waals surface area (Å²) in [5, 5.41) is 2.82. The van der Waals surface area contributed by atoms with Crippen LogP contribution in [0.25, 0.3) is 0 Å². The zero-order valence-corrected chi connectivity index (χ0v) is 69.8. The van der Waals surface area contributed by atoms with E-state index in [1.54, 1.807) is 0 Å². The number of rotatable bonds is 28. The molecular weight excluding hydrogens is 1530 g/mol. The number of ether oxygens (including phenoxy) is 6. The average molecular weight is 1620 g/mol. The molecule has 0 aromatic heterocycles. The number of anilines is 2. The molecule has 0 aliphatic carbocycles. The molecule has 107 heavy (non-hydrogen) atoms. The van der Waals surface area contributed by atoms with Gasteiger partial charge in [0.1, 0.15) is 11.5 Å². The third-order valence-electron chi connectivity index (χ3n) is 19.6. The van der Waals surface area contributed by atoms with Gasteiger partial charge >= 0.3 is 88.8 Å². The molecule has 8 aliphatic heterocycles. The normalized spacial score (nSPS) is 32.0. The molecule has 9 aromatic carbocycles. The van der Waals surface area contributed by atoms with Crippen molar-refractivity contribution in [1.82, 2.24) is 0 Å². The second-order valence-corrected chi connectivity index (χ2v) is 57.0. The lowest BCUT2D eigenvalue weighted by atomic mass is 10.2. The second-order valence-electron chi connectivity index (χ2n) is 28.2. The quantitative estimate of drug-likeness (QED) is 0.0322. The summed E-state index contributed by atoms with van der Waals surface area (Å²) in [6.07, 6.45) is 1.61. The minimum absolute atomic E-state index is 0.191. The molecule has 556 valence electrons. The molecule has 1 N–H and O–H groups in total. The molecule has 17 rings (SSSR count). The van der Waals surface area contributed by atoms with E-state index in [2.05, 4.69) is 46.2 Å². The summed E-state index contributed by atoms with van der Waals surface area (Å²) in [6.45, 7) is 10.6. The molecule has 0 amide bonds. The molecule has 8 saturated heterocycles. The van der Waals surface area contributed by atoms with Gasteiger partial charge in [-0.3, -0.25) is 0 Å². The van der Waals surface area contributed by atoms with Crippen LogP contribution in [-0.2, 0) is 78.5 Å². The SMILES string of the molecule is C[Si]1(CCCOc2ccc(N(CC3CO3)CC3CO3)cc2)O[SiH]2O[Si]3(c4ccccc4)O[SiH](Cc4ccccc4)O[Si](c4ccccc4)(O1)O[Si]1(c4ccccc4)O[Si](O)(c4ccccc4)O[Si](C)(CCCOc4ccc(N(CC5CO5)CC5CO5)cc4)O[Si](c4ccccc4)(O3)O[Si](c3ccccc3)(O2)O1. The number of fused-ring (bicyclic) bond motifs is 6. The maximum atomic E-state index is 14.9. The lowest BCUT2D eigenvalue weighted by Crippen LogP contribution is -2.87. The molecule has 0 radical (unpaired) electrons. The molecule has 0 spiro atoms. The number of epoxide rings is 4. The summed E-state index contributed by atoms with van der Waals surface area (Å²) in [6, 6.07) is 84.4. The Morgan fingerprint density at radius 1 is 0.346 bits per heavy atom. The maximum absolute atomic E-state index is 14.9. The van der Waals surface area contributed by atoms with Crippen LogP contribution in [0.3, 0.4) is 0 Å². The van der Waals surface area contributed by atoms with E-state index < -0.39 is 88.8 Å². The fourth-order valence-electron chi connectivity index (χ4n) is 14.0. The van der Waals surface area contributed by atoms with Crippen molar-refractivity contribution in [2.75, 3.05) is 75.6 Å². The molecule has 6 bridgehead atoms. The van der Waals surface area contributed by atoms with Gasteiger partial charge in [0.15, 0.2) is 0 Å². The van der Waals surface area contributed by atoms with Gasteiger partial charge in [-0.15, -0.1) is 0 Å². The van der Waals surface area contributed by atoms with Crippen LogP contribution in [0.1, 0.15) is 18.4 Å². The second kappa shape index (κ2) is 31.4. The van der Waals surface area contributed by atoms with E-state index in [1.807, 2.05) is 238 Å². The molecule has 14 atom stereocenters. The van der Waals surface area contributed by atoms with Crippen molar-refractivity contribution in [3.8, 4) is 11.5 Å². The van der Waals surface area contributed by atoms with Crippen LogP contribution >= 0.6 is 0 Å². The molecule has 9 aromatic rings. The van der Waals surface area contributed by atoms with Crippen molar-refractivity contribution in [1.29, 1.82) is 0 Å². The maximum Gasteiger partial charge on any atom is 0.518 e. The largest absolute Gasteiger partial charge is 0.518 e. The highest BCUT2D eigenvalue weighted by molar-refractivity contribution is 7.07. The van der Waals surface area contributed by atoms with E-state index in [4.69, 9.17) is 81.9 Å². The number of nitrogens with zero attached hydrogens (tertiary/aromatic N) is 2. The van der Waals surface area contributed by atoms with Gasteiger partial charge in [-0.2, -0.15) is 0 Å². The molecular formula is C75H86N2O20Si10. The van der Waals surface area contributed by atoms with Crippen molar-refractivity contribution in [2.24, 2.45) is 0 Å². The van der Waals surface area contributed by atoms with Crippen LogP contribution in [0, 0.1) is 0 Å². The first-order valence-corrected chi connectivity index (χ1v) is 55.3. The Kier molecular flexibility index (Phi) is 21.6. The monoisotopic (exact) mass is 1610 g/mol. The first-order valence-electron chi connectivity index (χ1n) is 36.7. The van der Waals surface area contributed by atoms with Crippen LogP contribution in [-0.4, -0.2) is 184 Å². The van der Waals surface area contributed by atoms with Crippen molar-refractivity contribution in [3.05, 3.63) is 266 Å². The Morgan fingerprint density at radius 3 is 1.09 bits per heavy atom. The smallest absolute Gasteiger partial charge is 0.494 e. The predicted molar refractivity (Wildman–Crippen MR) is 421 cm³/mol. The van der Waals surface area contributed by atoms with Crippen LogP contribution in [0.2, 0.25) is 25.2 Å². The predicted octanol–water partition coefficient (Wildman–Crippen LogP) is 6.34. The van der Waals surface area contributed by atoms with E-state index in [0.29, 0.717) is 61.5 Å². The van der Waals surface area contributed by atoms with Gasteiger partial charge in [0, 0.05) is 74.7 Å². The van der Waals surface area contributed by atoms with Gasteiger partial charge < -0.3 is 96.5 Å². The highest BCUT2D eigenvalue weighted by atomic mass is 28.6. The number of hydrogen-bond acceptors (Lipinski definition) is 22. The Balaban J connectivity index is 0.850. The highest BCUT2D eigenvalue weighted by Crippen LogP contribution is 2.43. The van der Waals surface area contributed by atoms with Gasteiger partial charge in [-0.1, -0.05) is 212 Å². The van der Waals surface area contributed by atoms with Crippen molar-refractivity contribution < 1.29 is 86.7 Å². The van der Waals surface area contributed by atoms with Crippen molar-refractivity contribution in [3.63, 3.8) is 0 Å². The summed E-state index contributed by atoms with van der Waals surface area (Å²) in [7, 11) is -46.7. The number of benzene rings is 9. The van der Waals surface area contributed by atoms with E-state index in [1.165, 1.54) is 0 Å². The summed E-state index contributed by atoms with van der Waals surface area (Å²) in [4.78, 5) is 19.6. The first-order chi connectivity index (χ1) is 52.2. The van der Waals surface area contributed by atoms with Crippen LogP contribution in [0.15, 0.2) is 261 Å². The molecule has 8 fully saturated rings.